The summed E-state index contributed by atoms with van der Waals surface area (Å²) in [6.45, 7) is 0.724. The van der Waals surface area contributed by atoms with Crippen LogP contribution in [0.1, 0.15) is 57.7 Å². The number of halogens is 1. The second-order valence-corrected chi connectivity index (χ2v) is 12.5. The standard InChI is InChI=1S/C19H18N4OS.C10H9ClN2S/c1-24-15-7-12-9-20-8-11(12)6-14(15)23-18-17-13-4-2-3-5-16(13)25-19(17)22-10-21-18;11-9-8-6-3-1-2-4-7(6)14-10(8)13-5-12-9/h6-8,10H,2-5,9H2,1H3,(H,21,22,23);5H,1-4H2. The van der Waals surface area contributed by atoms with Gasteiger partial charge in [0, 0.05) is 16.0 Å². The predicted molar refractivity (Wildman–Crippen MR) is 161 cm³/mol. The van der Waals surface area contributed by atoms with Crippen molar-refractivity contribution >= 4 is 72.4 Å². The van der Waals surface area contributed by atoms with Crippen LogP contribution >= 0.6 is 34.3 Å². The van der Waals surface area contributed by atoms with Crippen molar-refractivity contribution in [2.75, 3.05) is 12.4 Å². The van der Waals surface area contributed by atoms with Gasteiger partial charge in [0.05, 0.1) is 30.1 Å². The van der Waals surface area contributed by atoms with Crippen molar-refractivity contribution < 1.29 is 4.74 Å². The summed E-state index contributed by atoms with van der Waals surface area (Å²) in [6.07, 6.45) is 14.8. The molecule has 0 saturated carbocycles. The molecule has 0 radical (unpaired) electrons. The lowest BCUT2D eigenvalue weighted by Gasteiger charge is -2.15. The zero-order valence-corrected chi connectivity index (χ0v) is 24.0. The number of thiophene rings is 2. The summed E-state index contributed by atoms with van der Waals surface area (Å²) >= 11 is 9.68. The average Bonchev–Trinajstić information content (AvgIpc) is 3.68. The molecule has 1 N–H and O–H groups in total. The molecule has 0 unspecified atom stereocenters. The summed E-state index contributed by atoms with van der Waals surface area (Å²) in [5, 5.41) is 6.41. The smallest absolute Gasteiger partial charge is 0.142 e. The van der Waals surface area contributed by atoms with Crippen molar-refractivity contribution in [3.8, 4) is 5.75 Å². The van der Waals surface area contributed by atoms with Crippen LogP contribution in [0.4, 0.5) is 11.5 Å². The van der Waals surface area contributed by atoms with Gasteiger partial charge in [-0.15, -0.1) is 22.7 Å². The lowest BCUT2D eigenvalue weighted by atomic mass is 9.97. The Kier molecular flexibility index (Phi) is 6.66. The van der Waals surface area contributed by atoms with Gasteiger partial charge in [0.25, 0.3) is 0 Å². The molecule has 4 aromatic heterocycles. The van der Waals surface area contributed by atoms with E-state index in [2.05, 4.69) is 42.4 Å². The number of hydrogen-bond acceptors (Lipinski definition) is 9. The SMILES string of the molecule is COc1cc2c(cc1Nc1ncnc3sc4c(c13)CCCC4)C=NC2.Clc1ncnc2sc3c(c12)CCCC3. The highest BCUT2D eigenvalue weighted by Gasteiger charge is 2.21. The van der Waals surface area contributed by atoms with Gasteiger partial charge in [0.2, 0.25) is 0 Å². The van der Waals surface area contributed by atoms with Crippen LogP contribution in [0, 0.1) is 0 Å². The highest BCUT2D eigenvalue weighted by atomic mass is 35.5. The van der Waals surface area contributed by atoms with Crippen LogP contribution in [0.2, 0.25) is 5.15 Å². The molecule has 0 saturated heterocycles. The summed E-state index contributed by atoms with van der Waals surface area (Å²) in [7, 11) is 1.70. The van der Waals surface area contributed by atoms with Crippen LogP contribution < -0.4 is 10.1 Å². The number of nitrogens with one attached hydrogen (secondary N) is 1. The van der Waals surface area contributed by atoms with E-state index in [-0.39, 0.29) is 0 Å². The minimum Gasteiger partial charge on any atom is -0.495 e. The molecule has 5 heterocycles. The second kappa shape index (κ2) is 10.4. The van der Waals surface area contributed by atoms with Crippen molar-refractivity contribution in [3.63, 3.8) is 0 Å². The largest absolute Gasteiger partial charge is 0.495 e. The number of ether oxygens (including phenoxy) is 1. The first-order chi connectivity index (χ1) is 19.2. The molecule has 198 valence electrons. The van der Waals surface area contributed by atoms with Crippen LogP contribution in [-0.2, 0) is 32.2 Å². The number of anilines is 2. The van der Waals surface area contributed by atoms with Gasteiger partial charge in [0.1, 0.15) is 39.0 Å². The molecule has 0 atom stereocenters. The molecule has 0 fully saturated rings. The summed E-state index contributed by atoms with van der Waals surface area (Å²) in [6, 6.07) is 4.16. The highest BCUT2D eigenvalue weighted by molar-refractivity contribution is 7.19. The van der Waals surface area contributed by atoms with Crippen molar-refractivity contribution in [2.24, 2.45) is 4.99 Å². The van der Waals surface area contributed by atoms with Gasteiger partial charge in [-0.1, -0.05) is 11.6 Å². The van der Waals surface area contributed by atoms with E-state index >= 15 is 0 Å². The Labute approximate surface area is 239 Å². The van der Waals surface area contributed by atoms with E-state index in [1.807, 2.05) is 17.6 Å². The Morgan fingerprint density at radius 1 is 0.821 bits per heavy atom. The van der Waals surface area contributed by atoms with Crippen molar-refractivity contribution in [2.45, 2.75) is 57.9 Å². The number of fused-ring (bicyclic) bond motifs is 7. The van der Waals surface area contributed by atoms with Crippen LogP contribution in [-0.4, -0.2) is 33.3 Å². The maximum Gasteiger partial charge on any atom is 0.142 e. The van der Waals surface area contributed by atoms with Crippen molar-refractivity contribution in [3.05, 3.63) is 61.9 Å². The van der Waals surface area contributed by atoms with E-state index in [1.54, 1.807) is 31.1 Å². The fourth-order valence-electron chi connectivity index (χ4n) is 5.77. The number of rotatable bonds is 3. The predicted octanol–water partition coefficient (Wildman–Crippen LogP) is 7.48. The van der Waals surface area contributed by atoms with Crippen molar-refractivity contribution in [1.82, 2.24) is 19.9 Å². The monoisotopic (exact) mass is 574 g/mol. The average molecular weight is 575 g/mol. The van der Waals surface area contributed by atoms with E-state index in [1.165, 1.54) is 63.9 Å². The number of nitrogens with zero attached hydrogens (tertiary/aromatic N) is 5. The van der Waals surface area contributed by atoms with Crippen LogP contribution in [0.25, 0.3) is 20.4 Å². The molecule has 10 heteroatoms. The first kappa shape index (κ1) is 24.9. The van der Waals surface area contributed by atoms with Gasteiger partial charge in [-0.25, -0.2) is 19.9 Å². The topological polar surface area (TPSA) is 85.2 Å². The van der Waals surface area contributed by atoms with Crippen LogP contribution in [0.5, 0.6) is 5.75 Å². The van der Waals surface area contributed by atoms with Crippen LogP contribution in [0.3, 0.4) is 0 Å². The third-order valence-electron chi connectivity index (χ3n) is 7.66. The van der Waals surface area contributed by atoms with E-state index in [9.17, 15) is 0 Å². The van der Waals surface area contributed by atoms with Crippen molar-refractivity contribution in [1.29, 1.82) is 0 Å². The Morgan fingerprint density at radius 3 is 2.23 bits per heavy atom. The Morgan fingerprint density at radius 2 is 1.49 bits per heavy atom. The molecule has 3 aliphatic rings. The third-order valence-corrected chi connectivity index (χ3v) is 10.3. The van der Waals surface area contributed by atoms with E-state index in [0.717, 1.165) is 63.7 Å². The Balaban J connectivity index is 0.000000153. The van der Waals surface area contributed by atoms with Gasteiger partial charge < -0.3 is 10.1 Å². The molecule has 0 bridgehead atoms. The molecule has 8 rings (SSSR count). The minimum atomic E-state index is 0.620. The van der Waals surface area contributed by atoms with Gasteiger partial charge in [0.15, 0.2) is 0 Å². The molecule has 1 aliphatic heterocycles. The van der Waals surface area contributed by atoms with E-state index < -0.39 is 0 Å². The molecular formula is C29H27ClN6OS2. The molecule has 0 amide bonds. The lowest BCUT2D eigenvalue weighted by molar-refractivity contribution is 0.416. The van der Waals surface area contributed by atoms with Gasteiger partial charge in [-0.2, -0.15) is 0 Å². The Hall–Kier alpha value is -3.14. The number of hydrogen-bond donors (Lipinski definition) is 1. The van der Waals surface area contributed by atoms with E-state index in [0.29, 0.717) is 5.15 Å². The number of aliphatic imine (C=N–C) groups is 1. The fraction of sp³-hybridized carbons (Fsp3) is 0.345. The molecule has 0 spiro atoms. The van der Waals surface area contributed by atoms with Crippen LogP contribution in [0.15, 0.2) is 29.8 Å². The second-order valence-electron chi connectivity index (χ2n) is 10.0. The van der Waals surface area contributed by atoms with Gasteiger partial charge >= 0.3 is 0 Å². The summed E-state index contributed by atoms with van der Waals surface area (Å²) < 4.78 is 5.59. The summed E-state index contributed by atoms with van der Waals surface area (Å²) in [5.74, 6) is 1.69. The number of methoxy groups -OCH3 is 1. The number of benzene rings is 1. The summed E-state index contributed by atoms with van der Waals surface area (Å²) in [5.41, 5.74) is 6.09. The highest BCUT2D eigenvalue weighted by Crippen LogP contribution is 2.41. The van der Waals surface area contributed by atoms with Gasteiger partial charge in [-0.3, -0.25) is 4.99 Å². The molecule has 1 aromatic carbocycles. The Bertz CT molecular complexity index is 1740. The maximum atomic E-state index is 6.09. The lowest BCUT2D eigenvalue weighted by Crippen LogP contribution is -2.02. The summed E-state index contributed by atoms with van der Waals surface area (Å²) in [4.78, 5) is 26.8. The molecule has 7 nitrogen and oxygen atoms in total. The van der Waals surface area contributed by atoms with Gasteiger partial charge in [-0.05, 0) is 85.8 Å². The molecule has 5 aromatic rings. The molecule has 2 aliphatic carbocycles. The number of aryl methyl sites for hydroxylation is 4. The normalized spacial score (nSPS) is 15.4. The fourth-order valence-corrected chi connectivity index (χ4v) is 8.53. The molecule has 39 heavy (non-hydrogen) atoms. The molecular weight excluding hydrogens is 548 g/mol. The zero-order valence-electron chi connectivity index (χ0n) is 21.6. The zero-order chi connectivity index (χ0) is 26.3. The first-order valence-electron chi connectivity index (χ1n) is 13.3. The van der Waals surface area contributed by atoms with E-state index in [4.69, 9.17) is 16.3 Å². The first-order valence-corrected chi connectivity index (χ1v) is 15.3. The maximum absolute atomic E-state index is 6.09. The quantitative estimate of drug-likeness (QED) is 0.225. The third kappa shape index (κ3) is 4.56. The minimum absolute atomic E-state index is 0.620. The number of aromatic nitrogens is 4.